The third kappa shape index (κ3) is 3.93. The fraction of sp³-hybridized carbons (Fsp3) is 0.185. The monoisotopic (exact) mass is 531 g/mol. The molecule has 1 N–H and O–H groups in total. The summed E-state index contributed by atoms with van der Waals surface area (Å²) in [5.74, 6) is -1.86. The molecule has 1 fully saturated rings. The molecule has 3 atom stereocenters. The molecule has 0 bridgehead atoms. The van der Waals surface area contributed by atoms with Crippen molar-refractivity contribution in [3.05, 3.63) is 98.9 Å². The van der Waals surface area contributed by atoms with Crippen molar-refractivity contribution in [2.45, 2.75) is 29.7 Å². The lowest BCUT2D eigenvalue weighted by Crippen LogP contribution is -2.32. The third-order valence-electron chi connectivity index (χ3n) is 6.63. The lowest BCUT2D eigenvalue weighted by atomic mass is 9.87. The fourth-order valence-corrected chi connectivity index (χ4v) is 7.66. The summed E-state index contributed by atoms with van der Waals surface area (Å²) in [6.07, 6.45) is 1.51. The largest absolute Gasteiger partial charge is 0.469 e. The molecule has 2 aliphatic heterocycles. The van der Waals surface area contributed by atoms with Crippen molar-refractivity contribution in [2.24, 2.45) is 5.92 Å². The van der Waals surface area contributed by atoms with Crippen molar-refractivity contribution in [3.8, 4) is 0 Å². The number of aromatic nitrogens is 1. The lowest BCUT2D eigenvalue weighted by Gasteiger charge is -2.29. The number of imide groups is 1. The van der Waals surface area contributed by atoms with E-state index in [1.54, 1.807) is 42.5 Å². The molecule has 6 rings (SSSR count). The van der Waals surface area contributed by atoms with Crippen molar-refractivity contribution in [2.75, 3.05) is 10.2 Å². The Morgan fingerprint density at radius 2 is 1.73 bits per heavy atom. The minimum atomic E-state index is -0.755. The van der Waals surface area contributed by atoms with Crippen LogP contribution in [0.25, 0.3) is 0 Å². The minimum absolute atomic E-state index is 0.210. The van der Waals surface area contributed by atoms with Gasteiger partial charge in [-0.05, 0) is 42.8 Å². The fourth-order valence-electron chi connectivity index (χ4n) is 4.91. The van der Waals surface area contributed by atoms with Crippen molar-refractivity contribution >= 4 is 52.2 Å². The van der Waals surface area contributed by atoms with Crippen LogP contribution >= 0.6 is 23.1 Å². The summed E-state index contributed by atoms with van der Waals surface area (Å²) in [6, 6.07) is 19.7. The van der Waals surface area contributed by atoms with Gasteiger partial charge in [-0.1, -0.05) is 59.5 Å². The van der Waals surface area contributed by atoms with Crippen LogP contribution in [0.3, 0.4) is 0 Å². The molecule has 2 aliphatic rings. The van der Waals surface area contributed by atoms with E-state index in [-0.39, 0.29) is 29.1 Å². The Kier molecular flexibility index (Phi) is 5.85. The highest BCUT2D eigenvalue weighted by molar-refractivity contribution is 8.00. The van der Waals surface area contributed by atoms with Crippen LogP contribution in [0, 0.1) is 12.8 Å². The standard InChI is InChI=1S/C27H21N3O5S2/c1-15-8-5-6-11-17(15)28-19(31)14-29-26-23(37-27(29)34)20(18-12-7-13-35-18)21-22(36-26)25(33)30(24(21)32)16-9-3-2-4-10-16/h2-13,20-22H,14H2,1H3,(H,28,31)/t20-,21-,22+/m0/s1. The van der Waals surface area contributed by atoms with E-state index in [0.717, 1.165) is 16.9 Å². The predicted molar refractivity (Wildman–Crippen MR) is 141 cm³/mol. The molecule has 37 heavy (non-hydrogen) atoms. The summed E-state index contributed by atoms with van der Waals surface area (Å²) in [5.41, 5.74) is 2.08. The molecule has 0 radical (unpaired) electrons. The van der Waals surface area contributed by atoms with E-state index < -0.39 is 17.1 Å². The molecule has 0 unspecified atom stereocenters. The number of hydrogen-bond donors (Lipinski definition) is 1. The van der Waals surface area contributed by atoms with Gasteiger partial charge in [-0.25, -0.2) is 4.90 Å². The molecule has 2 aromatic carbocycles. The molecule has 0 aliphatic carbocycles. The van der Waals surface area contributed by atoms with Crippen LogP contribution < -0.4 is 15.1 Å². The van der Waals surface area contributed by atoms with E-state index >= 15 is 0 Å². The molecule has 4 aromatic rings. The highest BCUT2D eigenvalue weighted by atomic mass is 32.2. The lowest BCUT2D eigenvalue weighted by molar-refractivity contribution is -0.122. The van der Waals surface area contributed by atoms with Gasteiger partial charge in [0.15, 0.2) is 0 Å². The highest BCUT2D eigenvalue weighted by Gasteiger charge is 2.57. The summed E-state index contributed by atoms with van der Waals surface area (Å²) in [7, 11) is 0. The summed E-state index contributed by atoms with van der Waals surface area (Å²) in [5, 5.41) is 2.63. The van der Waals surface area contributed by atoms with Gasteiger partial charge in [0.2, 0.25) is 17.7 Å². The van der Waals surface area contributed by atoms with E-state index in [1.807, 2.05) is 31.2 Å². The molecule has 1 saturated heterocycles. The molecule has 3 amide bonds. The van der Waals surface area contributed by atoms with Crippen LogP contribution in [0.1, 0.15) is 22.1 Å². The maximum atomic E-state index is 13.7. The van der Waals surface area contributed by atoms with Gasteiger partial charge in [-0.15, -0.1) is 0 Å². The first-order chi connectivity index (χ1) is 17.9. The van der Waals surface area contributed by atoms with Gasteiger partial charge in [-0.3, -0.25) is 23.7 Å². The number of amides is 3. The van der Waals surface area contributed by atoms with Crippen LogP contribution in [0.4, 0.5) is 11.4 Å². The van der Waals surface area contributed by atoms with Crippen LogP contribution in [0.5, 0.6) is 0 Å². The van der Waals surface area contributed by atoms with E-state index in [4.69, 9.17) is 4.42 Å². The van der Waals surface area contributed by atoms with Crippen molar-refractivity contribution in [1.82, 2.24) is 4.57 Å². The number of nitrogens with one attached hydrogen (secondary N) is 1. The van der Waals surface area contributed by atoms with Crippen LogP contribution in [0.15, 0.2) is 87.2 Å². The first-order valence-electron chi connectivity index (χ1n) is 11.7. The molecular formula is C27H21N3O5S2. The average Bonchev–Trinajstić information content (AvgIpc) is 3.59. The van der Waals surface area contributed by atoms with E-state index in [2.05, 4.69) is 5.32 Å². The van der Waals surface area contributed by atoms with Crippen LogP contribution in [0.2, 0.25) is 0 Å². The third-order valence-corrected chi connectivity index (χ3v) is 9.24. The first-order valence-corrected chi connectivity index (χ1v) is 13.4. The van der Waals surface area contributed by atoms with Gasteiger partial charge >= 0.3 is 4.87 Å². The number of carbonyl (C=O) groups is 3. The Hall–Kier alpha value is -3.89. The second-order valence-corrected chi connectivity index (χ2v) is 11.0. The van der Waals surface area contributed by atoms with Gasteiger partial charge in [-0.2, -0.15) is 0 Å². The number of nitrogens with zero attached hydrogens (tertiary/aromatic N) is 2. The SMILES string of the molecule is Cc1ccccc1NC(=O)Cn1c2c(sc1=O)[C@@H](c1ccco1)[C@@H]1C(=O)N(c3ccccc3)C(=O)[C@@H]1S2. The molecule has 186 valence electrons. The Morgan fingerprint density at radius 1 is 0.973 bits per heavy atom. The topological polar surface area (TPSA) is 102 Å². The van der Waals surface area contributed by atoms with Crippen molar-refractivity contribution in [1.29, 1.82) is 0 Å². The van der Waals surface area contributed by atoms with Gasteiger partial charge in [0.1, 0.15) is 17.6 Å². The number of anilines is 2. The quantitative estimate of drug-likeness (QED) is 0.387. The maximum Gasteiger partial charge on any atom is 0.308 e. The Balaban J connectivity index is 1.39. The van der Waals surface area contributed by atoms with Crippen molar-refractivity contribution in [3.63, 3.8) is 0 Å². The molecule has 4 heterocycles. The smallest absolute Gasteiger partial charge is 0.308 e. The summed E-state index contributed by atoms with van der Waals surface area (Å²) < 4.78 is 7.11. The van der Waals surface area contributed by atoms with E-state index in [9.17, 15) is 19.2 Å². The van der Waals surface area contributed by atoms with E-state index in [0.29, 0.717) is 27.0 Å². The van der Waals surface area contributed by atoms with E-state index in [1.165, 1.54) is 27.5 Å². The number of thiazole rings is 1. The number of carbonyl (C=O) groups excluding carboxylic acids is 3. The Bertz CT molecular complexity index is 1580. The molecule has 8 nitrogen and oxygen atoms in total. The number of rotatable bonds is 5. The number of aryl methyl sites for hydroxylation is 1. The zero-order chi connectivity index (χ0) is 25.7. The van der Waals surface area contributed by atoms with Gasteiger partial charge in [0, 0.05) is 5.69 Å². The van der Waals surface area contributed by atoms with Crippen LogP contribution in [-0.4, -0.2) is 27.5 Å². The first kappa shape index (κ1) is 23.5. The summed E-state index contributed by atoms with van der Waals surface area (Å²) in [4.78, 5) is 54.9. The number of hydrogen-bond acceptors (Lipinski definition) is 7. The minimum Gasteiger partial charge on any atom is -0.469 e. The summed E-state index contributed by atoms with van der Waals surface area (Å²) in [6.45, 7) is 1.68. The second-order valence-electron chi connectivity index (χ2n) is 8.89. The molecule has 10 heteroatoms. The number of fused-ring (bicyclic) bond motifs is 2. The van der Waals surface area contributed by atoms with Gasteiger partial charge < -0.3 is 9.73 Å². The number of benzene rings is 2. The zero-order valence-corrected chi connectivity index (χ0v) is 21.3. The molecule has 0 saturated carbocycles. The van der Waals surface area contributed by atoms with Gasteiger partial charge in [0.05, 0.1) is 33.7 Å². The molecule has 2 aromatic heterocycles. The number of furan rings is 1. The normalized spacial score (nSPS) is 20.6. The highest BCUT2D eigenvalue weighted by Crippen LogP contribution is 2.53. The van der Waals surface area contributed by atoms with Crippen LogP contribution in [-0.2, 0) is 20.9 Å². The Morgan fingerprint density at radius 3 is 2.46 bits per heavy atom. The second kappa shape index (κ2) is 9.20. The van der Waals surface area contributed by atoms with Gasteiger partial charge in [0.25, 0.3) is 0 Å². The number of para-hydroxylation sites is 2. The molecular weight excluding hydrogens is 510 g/mol. The predicted octanol–water partition coefficient (Wildman–Crippen LogP) is 4.25. The zero-order valence-electron chi connectivity index (χ0n) is 19.6. The summed E-state index contributed by atoms with van der Waals surface area (Å²) >= 11 is 2.17. The number of thioether (sulfide) groups is 1. The maximum absolute atomic E-state index is 13.7. The molecule has 0 spiro atoms. The Labute approximate surface area is 219 Å². The van der Waals surface area contributed by atoms with Crippen molar-refractivity contribution < 1.29 is 18.8 Å². The average molecular weight is 532 g/mol.